The van der Waals surface area contributed by atoms with Gasteiger partial charge in [-0.2, -0.15) is 0 Å². The minimum absolute atomic E-state index is 0.151. The fourth-order valence-electron chi connectivity index (χ4n) is 5.06. The normalized spacial score (nSPS) is 20.1. The van der Waals surface area contributed by atoms with Crippen LogP contribution in [0, 0.1) is 11.8 Å². The Morgan fingerprint density at radius 3 is 2.26 bits per heavy atom. The summed E-state index contributed by atoms with van der Waals surface area (Å²) in [5.74, 6) is -1.08. The molecule has 2 saturated carbocycles. The maximum Gasteiger partial charge on any atom is 0.337 e. The fourth-order valence-corrected chi connectivity index (χ4v) is 5.06. The molecule has 3 N–H and O–H groups in total. The van der Waals surface area contributed by atoms with Gasteiger partial charge in [0.05, 0.1) is 18.1 Å². The van der Waals surface area contributed by atoms with E-state index in [9.17, 15) is 19.5 Å². The van der Waals surface area contributed by atoms with E-state index in [1.54, 1.807) is 6.92 Å². The zero-order valence-corrected chi connectivity index (χ0v) is 20.7. The first-order valence-corrected chi connectivity index (χ1v) is 12.8. The van der Waals surface area contributed by atoms with Gasteiger partial charge in [0, 0.05) is 0 Å². The Bertz CT molecular complexity index is 831. The van der Waals surface area contributed by atoms with Gasteiger partial charge >= 0.3 is 5.97 Å². The topological polar surface area (TPSA) is 105 Å². The van der Waals surface area contributed by atoms with Crippen LogP contribution >= 0.6 is 0 Å². The molecule has 0 aliphatic heterocycles. The molecule has 34 heavy (non-hydrogen) atoms. The predicted octanol–water partition coefficient (Wildman–Crippen LogP) is 3.24. The summed E-state index contributed by atoms with van der Waals surface area (Å²) in [5, 5.41) is 16.6. The summed E-state index contributed by atoms with van der Waals surface area (Å²) < 4.78 is 5.02. The summed E-state index contributed by atoms with van der Waals surface area (Å²) in [6.45, 7) is 5.60. The van der Waals surface area contributed by atoms with Crippen molar-refractivity contribution in [2.75, 3.05) is 6.61 Å². The van der Waals surface area contributed by atoms with Crippen molar-refractivity contribution in [1.82, 2.24) is 10.6 Å². The second-order valence-electron chi connectivity index (χ2n) is 10.2. The summed E-state index contributed by atoms with van der Waals surface area (Å²) >= 11 is 0. The zero-order valence-electron chi connectivity index (χ0n) is 20.7. The van der Waals surface area contributed by atoms with Gasteiger partial charge in [-0.25, -0.2) is 4.79 Å². The van der Waals surface area contributed by atoms with Crippen LogP contribution in [0.2, 0.25) is 0 Å². The van der Waals surface area contributed by atoms with Crippen molar-refractivity contribution in [3.63, 3.8) is 0 Å². The molecule has 0 bridgehead atoms. The molecule has 188 valence electrons. The molecule has 0 aromatic heterocycles. The molecule has 1 aromatic rings. The summed E-state index contributed by atoms with van der Waals surface area (Å²) in [4.78, 5) is 38.9. The van der Waals surface area contributed by atoms with Crippen molar-refractivity contribution < 1.29 is 24.2 Å². The van der Waals surface area contributed by atoms with Crippen LogP contribution in [-0.2, 0) is 24.5 Å². The van der Waals surface area contributed by atoms with Crippen LogP contribution in [0.25, 0.3) is 0 Å². The highest BCUT2D eigenvalue weighted by Crippen LogP contribution is 2.48. The minimum Gasteiger partial charge on any atom is -0.464 e. The van der Waals surface area contributed by atoms with Crippen molar-refractivity contribution >= 4 is 17.8 Å². The van der Waals surface area contributed by atoms with Crippen molar-refractivity contribution in [2.24, 2.45) is 11.8 Å². The zero-order chi connectivity index (χ0) is 24.7. The summed E-state index contributed by atoms with van der Waals surface area (Å²) in [5.41, 5.74) is 0.379. The molecule has 7 heteroatoms. The molecule has 0 spiro atoms. The molecule has 2 amide bonds. The molecule has 7 nitrogen and oxygen atoms in total. The maximum atomic E-state index is 13.4. The molecule has 0 heterocycles. The molecule has 2 aliphatic rings. The number of aliphatic hydroxyl groups is 1. The minimum atomic E-state index is -1.44. The van der Waals surface area contributed by atoms with Crippen molar-refractivity contribution in [1.29, 1.82) is 0 Å². The molecule has 3 rings (SSSR count). The lowest BCUT2D eigenvalue weighted by Crippen LogP contribution is -2.57. The average Bonchev–Trinajstić information content (AvgIpc) is 3.65. The Balaban J connectivity index is 1.71. The number of amides is 2. The largest absolute Gasteiger partial charge is 0.464 e. The van der Waals surface area contributed by atoms with Gasteiger partial charge in [0.25, 0.3) is 0 Å². The highest BCUT2D eigenvalue weighted by atomic mass is 16.5. The van der Waals surface area contributed by atoms with Gasteiger partial charge in [-0.05, 0) is 43.6 Å². The third-order valence-corrected chi connectivity index (χ3v) is 7.30. The van der Waals surface area contributed by atoms with Crippen LogP contribution < -0.4 is 10.6 Å². The number of ether oxygens (including phenoxy) is 1. The second-order valence-corrected chi connectivity index (χ2v) is 10.2. The lowest BCUT2D eigenvalue weighted by Gasteiger charge is -2.31. The van der Waals surface area contributed by atoms with Crippen molar-refractivity contribution in [3.8, 4) is 0 Å². The SMILES string of the molecule is CCOC(=O)[C@H](O)[C@H](CC1CCCCC1)NC(=O)[C@@H](NC(=O)C1(c2ccccc2)CC1)C(C)C. The molecule has 0 unspecified atom stereocenters. The molecule has 1 aromatic carbocycles. The molecule has 0 saturated heterocycles. The van der Waals surface area contributed by atoms with E-state index in [1.807, 2.05) is 44.2 Å². The van der Waals surface area contributed by atoms with Gasteiger partial charge in [-0.15, -0.1) is 0 Å². The number of carbonyl (C=O) groups is 3. The fraction of sp³-hybridized carbons (Fsp3) is 0.667. The molecular formula is C27H40N2O5. The summed E-state index contributed by atoms with van der Waals surface area (Å²) in [6, 6.07) is 8.14. The number of aliphatic hydroxyl groups excluding tert-OH is 1. The van der Waals surface area contributed by atoms with Crippen LogP contribution in [0.4, 0.5) is 0 Å². The van der Waals surface area contributed by atoms with Crippen LogP contribution in [0.5, 0.6) is 0 Å². The van der Waals surface area contributed by atoms with Gasteiger partial charge in [-0.1, -0.05) is 76.3 Å². The summed E-state index contributed by atoms with van der Waals surface area (Å²) in [6.07, 6.45) is 6.05. The third kappa shape index (κ3) is 6.38. The molecule has 2 fully saturated rings. The first kappa shape index (κ1) is 26.2. The van der Waals surface area contributed by atoms with Crippen LogP contribution in [0.1, 0.15) is 77.7 Å². The van der Waals surface area contributed by atoms with Crippen LogP contribution in [0.15, 0.2) is 30.3 Å². The average molecular weight is 473 g/mol. The Morgan fingerprint density at radius 1 is 1.06 bits per heavy atom. The van der Waals surface area contributed by atoms with E-state index in [0.29, 0.717) is 12.3 Å². The number of nitrogens with one attached hydrogen (secondary N) is 2. The number of benzene rings is 1. The molecule has 2 aliphatic carbocycles. The predicted molar refractivity (Wildman–Crippen MR) is 130 cm³/mol. The van der Waals surface area contributed by atoms with E-state index < -0.39 is 29.6 Å². The Morgan fingerprint density at radius 2 is 1.71 bits per heavy atom. The van der Waals surface area contributed by atoms with E-state index in [1.165, 1.54) is 6.42 Å². The molecule has 3 atom stereocenters. The van der Waals surface area contributed by atoms with E-state index in [4.69, 9.17) is 4.74 Å². The van der Waals surface area contributed by atoms with Gasteiger partial charge in [0.1, 0.15) is 6.04 Å². The third-order valence-electron chi connectivity index (χ3n) is 7.30. The van der Waals surface area contributed by atoms with Gasteiger partial charge in [-0.3, -0.25) is 9.59 Å². The first-order valence-electron chi connectivity index (χ1n) is 12.8. The van der Waals surface area contributed by atoms with Gasteiger partial charge < -0.3 is 20.5 Å². The summed E-state index contributed by atoms with van der Waals surface area (Å²) in [7, 11) is 0. The Hall–Kier alpha value is -2.41. The highest BCUT2D eigenvalue weighted by Gasteiger charge is 2.52. The maximum absolute atomic E-state index is 13.4. The highest BCUT2D eigenvalue weighted by molar-refractivity contribution is 5.95. The number of carbonyl (C=O) groups excluding carboxylic acids is 3. The number of hydrogen-bond donors (Lipinski definition) is 3. The second kappa shape index (κ2) is 11.8. The number of esters is 1. The molecular weight excluding hydrogens is 432 g/mol. The van der Waals surface area contributed by atoms with Gasteiger partial charge in [0.2, 0.25) is 11.8 Å². The van der Waals surface area contributed by atoms with Crippen molar-refractivity contribution in [3.05, 3.63) is 35.9 Å². The number of rotatable bonds is 11. The van der Waals surface area contributed by atoms with Crippen LogP contribution in [-0.4, -0.2) is 47.7 Å². The Kier molecular flexibility index (Phi) is 9.11. The molecule has 0 radical (unpaired) electrons. The first-order chi connectivity index (χ1) is 16.3. The van der Waals surface area contributed by atoms with E-state index in [2.05, 4.69) is 10.6 Å². The van der Waals surface area contributed by atoms with E-state index >= 15 is 0 Å². The van der Waals surface area contributed by atoms with Crippen LogP contribution in [0.3, 0.4) is 0 Å². The monoisotopic (exact) mass is 472 g/mol. The lowest BCUT2D eigenvalue weighted by molar-refractivity contribution is -0.155. The smallest absolute Gasteiger partial charge is 0.337 e. The van der Waals surface area contributed by atoms with E-state index in [0.717, 1.165) is 44.1 Å². The Labute approximate surface area is 203 Å². The number of hydrogen-bond acceptors (Lipinski definition) is 5. The van der Waals surface area contributed by atoms with Gasteiger partial charge in [0.15, 0.2) is 6.10 Å². The lowest BCUT2D eigenvalue weighted by atomic mass is 9.83. The van der Waals surface area contributed by atoms with Crippen molar-refractivity contribution in [2.45, 2.75) is 95.7 Å². The quantitative estimate of drug-likeness (QED) is 0.429. The standard InChI is InChI=1S/C27H40N2O5/c1-4-34-25(32)23(30)21(17-19-11-7-5-8-12-19)28-24(31)22(18(2)3)29-26(33)27(15-16-27)20-13-9-6-10-14-20/h6,9-10,13-14,18-19,21-23,30H,4-5,7-8,11-12,15-17H2,1-3H3,(H,28,31)(H,29,33)/t21-,22-,23+/m0/s1. The van der Waals surface area contributed by atoms with E-state index in [-0.39, 0.29) is 24.3 Å².